The molecule has 2 rings (SSSR count). The van der Waals surface area contributed by atoms with Crippen LogP contribution in [-0.2, 0) is 0 Å². The fourth-order valence-corrected chi connectivity index (χ4v) is 3.78. The molecule has 0 bridgehead atoms. The smallest absolute Gasteiger partial charge is 0.0931 e. The third-order valence-corrected chi connectivity index (χ3v) is 5.08. The molecule has 1 saturated carbocycles. The van der Waals surface area contributed by atoms with E-state index in [9.17, 15) is 0 Å². The molecule has 1 N–H and O–H groups in total. The Morgan fingerprint density at radius 2 is 2.31 bits per heavy atom. The lowest BCUT2D eigenvalue weighted by atomic mass is 10.00. The van der Waals surface area contributed by atoms with Gasteiger partial charge in [0, 0.05) is 17.0 Å². The molecule has 1 nitrogen and oxygen atoms in total. The molecule has 0 radical (unpaired) electrons. The highest BCUT2D eigenvalue weighted by atomic mass is 35.5. The van der Waals surface area contributed by atoms with Gasteiger partial charge in [-0.1, -0.05) is 31.4 Å². The van der Waals surface area contributed by atoms with Crippen LogP contribution in [0.2, 0.25) is 4.34 Å². The summed E-state index contributed by atoms with van der Waals surface area (Å²) in [6.45, 7) is 4.55. The summed E-state index contributed by atoms with van der Waals surface area (Å²) in [6, 6.07) is 5.28. The molecular weight excluding hydrogens is 238 g/mol. The molecule has 3 atom stereocenters. The molecule has 90 valence electrons. The summed E-state index contributed by atoms with van der Waals surface area (Å²) < 4.78 is 0.891. The Hall–Kier alpha value is -0.0500. The van der Waals surface area contributed by atoms with Crippen LogP contribution < -0.4 is 5.32 Å². The summed E-state index contributed by atoms with van der Waals surface area (Å²) in [4.78, 5) is 1.35. The second-order valence-corrected chi connectivity index (χ2v) is 6.48. The highest BCUT2D eigenvalue weighted by Gasteiger charge is 2.27. The van der Waals surface area contributed by atoms with Crippen LogP contribution in [-0.4, -0.2) is 6.04 Å². The Morgan fingerprint density at radius 3 is 2.94 bits per heavy atom. The summed E-state index contributed by atoms with van der Waals surface area (Å²) in [7, 11) is 0. The van der Waals surface area contributed by atoms with Gasteiger partial charge in [0.1, 0.15) is 0 Å². The van der Waals surface area contributed by atoms with Crippen LogP contribution in [0.25, 0.3) is 0 Å². The fourth-order valence-electron chi connectivity index (χ4n) is 2.71. The zero-order valence-corrected chi connectivity index (χ0v) is 11.6. The van der Waals surface area contributed by atoms with Crippen molar-refractivity contribution in [2.75, 3.05) is 0 Å². The van der Waals surface area contributed by atoms with Gasteiger partial charge in [-0.05, 0) is 37.8 Å². The van der Waals surface area contributed by atoms with Crippen LogP contribution in [0.1, 0.15) is 50.4 Å². The van der Waals surface area contributed by atoms with Crippen molar-refractivity contribution in [2.45, 2.75) is 51.6 Å². The molecule has 1 aromatic heterocycles. The van der Waals surface area contributed by atoms with E-state index < -0.39 is 0 Å². The topological polar surface area (TPSA) is 12.0 Å². The Balaban J connectivity index is 1.94. The number of thiophene rings is 1. The number of rotatable bonds is 4. The second-order valence-electron chi connectivity index (χ2n) is 4.74. The Bertz CT molecular complexity index is 336. The minimum atomic E-state index is 0.439. The second kappa shape index (κ2) is 5.52. The SMILES string of the molecule is CCC1CCCC1NC(C)c1ccc(Cl)s1. The minimum Gasteiger partial charge on any atom is -0.306 e. The van der Waals surface area contributed by atoms with Crippen molar-refractivity contribution >= 4 is 22.9 Å². The Kier molecular flexibility index (Phi) is 4.28. The van der Waals surface area contributed by atoms with E-state index in [1.807, 2.05) is 6.07 Å². The first-order valence-electron chi connectivity index (χ1n) is 6.22. The largest absolute Gasteiger partial charge is 0.306 e. The number of hydrogen-bond donors (Lipinski definition) is 1. The van der Waals surface area contributed by atoms with Crippen molar-refractivity contribution in [3.8, 4) is 0 Å². The average Bonchev–Trinajstić information content (AvgIpc) is 2.86. The maximum absolute atomic E-state index is 5.97. The zero-order valence-electron chi connectivity index (χ0n) is 10.0. The van der Waals surface area contributed by atoms with Gasteiger partial charge in [0.05, 0.1) is 4.34 Å². The van der Waals surface area contributed by atoms with Gasteiger partial charge < -0.3 is 5.32 Å². The van der Waals surface area contributed by atoms with Crippen LogP contribution in [0.3, 0.4) is 0 Å². The molecule has 1 aliphatic carbocycles. The van der Waals surface area contributed by atoms with E-state index in [2.05, 4.69) is 25.2 Å². The lowest BCUT2D eigenvalue weighted by molar-refractivity contribution is 0.362. The van der Waals surface area contributed by atoms with E-state index >= 15 is 0 Å². The van der Waals surface area contributed by atoms with Gasteiger partial charge in [-0.3, -0.25) is 0 Å². The van der Waals surface area contributed by atoms with E-state index in [0.717, 1.165) is 10.3 Å². The van der Waals surface area contributed by atoms with E-state index in [0.29, 0.717) is 12.1 Å². The summed E-state index contributed by atoms with van der Waals surface area (Å²) >= 11 is 7.66. The van der Waals surface area contributed by atoms with Gasteiger partial charge in [-0.2, -0.15) is 0 Å². The quantitative estimate of drug-likeness (QED) is 0.829. The van der Waals surface area contributed by atoms with E-state index in [1.54, 1.807) is 11.3 Å². The lowest BCUT2D eigenvalue weighted by Gasteiger charge is -2.23. The molecule has 16 heavy (non-hydrogen) atoms. The van der Waals surface area contributed by atoms with E-state index in [1.165, 1.54) is 30.6 Å². The summed E-state index contributed by atoms with van der Waals surface area (Å²) in [6.07, 6.45) is 5.41. The molecule has 0 amide bonds. The highest BCUT2D eigenvalue weighted by Crippen LogP contribution is 2.32. The first-order chi connectivity index (χ1) is 7.70. The van der Waals surface area contributed by atoms with E-state index in [4.69, 9.17) is 11.6 Å². The van der Waals surface area contributed by atoms with Crippen LogP contribution in [0.5, 0.6) is 0 Å². The van der Waals surface area contributed by atoms with Crippen molar-refractivity contribution in [3.05, 3.63) is 21.3 Å². The van der Waals surface area contributed by atoms with Gasteiger partial charge in [0.25, 0.3) is 0 Å². The van der Waals surface area contributed by atoms with E-state index in [-0.39, 0.29) is 0 Å². The summed E-state index contributed by atoms with van der Waals surface area (Å²) in [5.41, 5.74) is 0. The van der Waals surface area contributed by atoms with Crippen LogP contribution in [0.4, 0.5) is 0 Å². The monoisotopic (exact) mass is 257 g/mol. The first-order valence-corrected chi connectivity index (χ1v) is 7.41. The van der Waals surface area contributed by atoms with Crippen LogP contribution >= 0.6 is 22.9 Å². The van der Waals surface area contributed by atoms with Crippen molar-refractivity contribution in [1.29, 1.82) is 0 Å². The summed E-state index contributed by atoms with van der Waals surface area (Å²) in [5.74, 6) is 0.873. The van der Waals surface area contributed by atoms with Gasteiger partial charge in [0.15, 0.2) is 0 Å². The molecule has 0 spiro atoms. The van der Waals surface area contributed by atoms with Gasteiger partial charge in [-0.15, -0.1) is 11.3 Å². The molecule has 1 aromatic rings. The normalized spacial score (nSPS) is 27.2. The van der Waals surface area contributed by atoms with Gasteiger partial charge in [-0.25, -0.2) is 0 Å². The first kappa shape index (κ1) is 12.4. The number of halogens is 1. The molecule has 1 heterocycles. The molecular formula is C13H20ClNS. The van der Waals surface area contributed by atoms with Gasteiger partial charge >= 0.3 is 0 Å². The third-order valence-electron chi connectivity index (χ3n) is 3.67. The fraction of sp³-hybridized carbons (Fsp3) is 0.692. The molecule has 3 unspecified atom stereocenters. The van der Waals surface area contributed by atoms with Crippen molar-refractivity contribution in [3.63, 3.8) is 0 Å². The lowest BCUT2D eigenvalue weighted by Crippen LogP contribution is -2.33. The number of nitrogens with one attached hydrogen (secondary N) is 1. The molecule has 0 aromatic carbocycles. The van der Waals surface area contributed by atoms with Crippen molar-refractivity contribution in [2.24, 2.45) is 5.92 Å². The highest BCUT2D eigenvalue weighted by molar-refractivity contribution is 7.16. The Morgan fingerprint density at radius 1 is 1.50 bits per heavy atom. The predicted molar refractivity (Wildman–Crippen MR) is 72.3 cm³/mol. The maximum atomic E-state index is 5.97. The standard InChI is InChI=1S/C13H20ClNS/c1-3-10-5-4-6-11(10)15-9(2)12-7-8-13(14)16-12/h7-11,15H,3-6H2,1-2H3. The molecule has 1 aliphatic rings. The molecule has 1 fully saturated rings. The third kappa shape index (κ3) is 2.79. The summed E-state index contributed by atoms with van der Waals surface area (Å²) in [5, 5.41) is 3.76. The minimum absolute atomic E-state index is 0.439. The van der Waals surface area contributed by atoms with Crippen molar-refractivity contribution < 1.29 is 0 Å². The zero-order chi connectivity index (χ0) is 11.5. The average molecular weight is 258 g/mol. The molecule has 0 aliphatic heterocycles. The van der Waals surface area contributed by atoms with Crippen LogP contribution in [0.15, 0.2) is 12.1 Å². The number of hydrogen-bond acceptors (Lipinski definition) is 2. The van der Waals surface area contributed by atoms with Crippen LogP contribution in [0, 0.1) is 5.92 Å². The maximum Gasteiger partial charge on any atom is 0.0931 e. The molecule has 0 saturated heterocycles. The van der Waals surface area contributed by atoms with Gasteiger partial charge in [0.2, 0.25) is 0 Å². The van der Waals surface area contributed by atoms with Crippen molar-refractivity contribution in [1.82, 2.24) is 5.32 Å². The Labute approximate surface area is 107 Å². The predicted octanol–water partition coefficient (Wildman–Crippen LogP) is 4.63. The molecule has 3 heteroatoms.